The molecule has 2 atom stereocenters. The van der Waals surface area contributed by atoms with E-state index in [1.807, 2.05) is 51.1 Å². The van der Waals surface area contributed by atoms with Crippen LogP contribution in [0.2, 0.25) is 10.0 Å². The van der Waals surface area contributed by atoms with Crippen molar-refractivity contribution < 1.29 is 22.4 Å². The summed E-state index contributed by atoms with van der Waals surface area (Å²) < 4.78 is 42.8. The molecule has 0 aliphatic heterocycles. The van der Waals surface area contributed by atoms with Crippen LogP contribution in [-0.4, -0.2) is 43.8 Å². The summed E-state index contributed by atoms with van der Waals surface area (Å²) in [7, 11) is -4.35. The van der Waals surface area contributed by atoms with Gasteiger partial charge in [0, 0.05) is 29.1 Å². The van der Waals surface area contributed by atoms with Crippen LogP contribution in [0.5, 0.6) is 0 Å². The van der Waals surface area contributed by atoms with Gasteiger partial charge in [-0.25, -0.2) is 12.8 Å². The molecule has 4 rings (SSSR count). The van der Waals surface area contributed by atoms with Crippen LogP contribution in [0.4, 0.5) is 10.1 Å². The van der Waals surface area contributed by atoms with Crippen LogP contribution in [0.3, 0.4) is 0 Å². The van der Waals surface area contributed by atoms with Gasteiger partial charge in [-0.3, -0.25) is 13.9 Å². The summed E-state index contributed by atoms with van der Waals surface area (Å²) in [4.78, 5) is 29.6. The fourth-order valence-corrected chi connectivity index (χ4v) is 6.68. The topological polar surface area (TPSA) is 86.8 Å². The van der Waals surface area contributed by atoms with Crippen molar-refractivity contribution >= 4 is 50.7 Å². The normalized spacial score (nSPS) is 12.7. The number of carbonyl (C=O) groups is 2. The van der Waals surface area contributed by atoms with Crippen LogP contribution in [0.15, 0.2) is 102 Å². The molecule has 1 N–H and O–H groups in total. The Bertz CT molecular complexity index is 1760. The molecule has 0 heterocycles. The van der Waals surface area contributed by atoms with Gasteiger partial charge in [0.15, 0.2) is 0 Å². The van der Waals surface area contributed by atoms with E-state index in [1.54, 1.807) is 42.5 Å². The summed E-state index contributed by atoms with van der Waals surface area (Å²) in [6.45, 7) is 4.92. The van der Waals surface area contributed by atoms with Crippen LogP contribution < -0.4 is 9.62 Å². The maximum Gasteiger partial charge on any atom is 0.264 e. The predicted molar refractivity (Wildman–Crippen MR) is 181 cm³/mol. The smallest absolute Gasteiger partial charge is 0.264 e. The molecule has 7 nitrogen and oxygen atoms in total. The van der Waals surface area contributed by atoms with Crippen LogP contribution in [0.25, 0.3) is 0 Å². The molecule has 0 aliphatic carbocycles. The van der Waals surface area contributed by atoms with Gasteiger partial charge in [-0.15, -0.1) is 0 Å². The summed E-state index contributed by atoms with van der Waals surface area (Å²) >= 11 is 12.7. The van der Waals surface area contributed by atoms with E-state index in [0.29, 0.717) is 22.0 Å². The Morgan fingerprint density at radius 1 is 0.913 bits per heavy atom. The van der Waals surface area contributed by atoms with Crippen molar-refractivity contribution in [3.63, 3.8) is 0 Å². The number of nitrogens with one attached hydrogen (secondary N) is 1. The van der Waals surface area contributed by atoms with Crippen molar-refractivity contribution in [2.45, 2.75) is 57.1 Å². The zero-order chi connectivity index (χ0) is 33.4. The van der Waals surface area contributed by atoms with E-state index in [2.05, 4.69) is 5.32 Å². The quantitative estimate of drug-likeness (QED) is 0.162. The minimum Gasteiger partial charge on any atom is -0.352 e. The number of halogens is 3. The number of anilines is 1. The predicted octanol–water partition coefficient (Wildman–Crippen LogP) is 7.19. The maximum atomic E-state index is 14.5. The van der Waals surface area contributed by atoms with Crippen molar-refractivity contribution in [3.05, 3.63) is 130 Å². The zero-order valence-electron chi connectivity index (χ0n) is 25.8. The molecule has 4 aromatic rings. The number of aryl methyl sites for hydroxylation is 1. The number of hydrogen-bond donors (Lipinski definition) is 1. The molecule has 0 bridgehead atoms. The highest BCUT2D eigenvalue weighted by molar-refractivity contribution is 7.92. The first kappa shape index (κ1) is 34.9. The fourth-order valence-electron chi connectivity index (χ4n) is 4.80. The average molecular weight is 685 g/mol. The average Bonchev–Trinajstić information content (AvgIpc) is 3.03. The van der Waals surface area contributed by atoms with E-state index < -0.39 is 34.3 Å². The number of hydrogen-bond acceptors (Lipinski definition) is 4. The van der Waals surface area contributed by atoms with E-state index in [0.717, 1.165) is 39.7 Å². The lowest BCUT2D eigenvalue weighted by atomic mass is 10.0. The standard InChI is InChI=1S/C35H36Cl2FN3O4S/c1-4-25(3)39-35(43)33(20-26-8-6-5-7-9-26)40(22-27-12-13-28(36)21-32(27)37)34(42)23-41(30-16-10-24(2)11-17-30)46(44,45)31-18-14-29(38)15-19-31/h5-19,21,25,33H,4,20,22-23H2,1-3H3,(H,39,43)/t25-,33+/m1/s1. The second-order valence-electron chi connectivity index (χ2n) is 11.1. The molecule has 0 saturated carbocycles. The highest BCUT2D eigenvalue weighted by Crippen LogP contribution is 2.27. The van der Waals surface area contributed by atoms with Gasteiger partial charge in [0.25, 0.3) is 10.0 Å². The first-order chi connectivity index (χ1) is 21.9. The molecule has 0 unspecified atom stereocenters. The van der Waals surface area contributed by atoms with Gasteiger partial charge >= 0.3 is 0 Å². The molecular weight excluding hydrogens is 648 g/mol. The van der Waals surface area contributed by atoms with Crippen molar-refractivity contribution in [3.8, 4) is 0 Å². The maximum absolute atomic E-state index is 14.5. The third-order valence-corrected chi connectivity index (χ3v) is 10.0. The van der Waals surface area contributed by atoms with Crippen molar-refractivity contribution in [1.29, 1.82) is 0 Å². The lowest BCUT2D eigenvalue weighted by Crippen LogP contribution is -2.54. The van der Waals surface area contributed by atoms with E-state index in [-0.39, 0.29) is 35.5 Å². The lowest BCUT2D eigenvalue weighted by molar-refractivity contribution is -0.140. The van der Waals surface area contributed by atoms with Gasteiger partial charge in [0.1, 0.15) is 18.4 Å². The third kappa shape index (κ3) is 8.87. The molecule has 2 amide bonds. The first-order valence-corrected chi connectivity index (χ1v) is 17.0. The Morgan fingerprint density at radius 2 is 1.57 bits per heavy atom. The summed E-state index contributed by atoms with van der Waals surface area (Å²) in [6.07, 6.45) is 0.827. The van der Waals surface area contributed by atoms with Gasteiger partial charge in [-0.1, -0.05) is 84.2 Å². The Labute approximate surface area is 280 Å². The van der Waals surface area contributed by atoms with Gasteiger partial charge in [-0.2, -0.15) is 0 Å². The highest BCUT2D eigenvalue weighted by Gasteiger charge is 2.35. The Morgan fingerprint density at radius 3 is 2.17 bits per heavy atom. The second kappa shape index (κ2) is 15.6. The van der Waals surface area contributed by atoms with Crippen molar-refractivity contribution in [2.24, 2.45) is 0 Å². The molecule has 4 aromatic carbocycles. The molecule has 0 radical (unpaired) electrons. The molecule has 0 spiro atoms. The summed E-state index contributed by atoms with van der Waals surface area (Å²) in [5.41, 5.74) is 2.45. The molecule has 0 fully saturated rings. The third-order valence-electron chi connectivity index (χ3n) is 7.63. The van der Waals surface area contributed by atoms with Gasteiger partial charge < -0.3 is 10.2 Å². The molecule has 0 saturated heterocycles. The van der Waals surface area contributed by atoms with Crippen LogP contribution >= 0.6 is 23.2 Å². The number of nitrogens with zero attached hydrogens (tertiary/aromatic N) is 2. The van der Waals surface area contributed by atoms with Gasteiger partial charge in [0.2, 0.25) is 11.8 Å². The van der Waals surface area contributed by atoms with E-state index in [1.165, 1.54) is 4.90 Å². The van der Waals surface area contributed by atoms with Crippen LogP contribution in [0, 0.1) is 12.7 Å². The van der Waals surface area contributed by atoms with Gasteiger partial charge in [-0.05, 0) is 79.9 Å². The van der Waals surface area contributed by atoms with E-state index >= 15 is 0 Å². The molecule has 46 heavy (non-hydrogen) atoms. The summed E-state index contributed by atoms with van der Waals surface area (Å²) in [5, 5.41) is 3.69. The second-order valence-corrected chi connectivity index (χ2v) is 13.8. The first-order valence-electron chi connectivity index (χ1n) is 14.8. The number of amides is 2. The zero-order valence-corrected chi connectivity index (χ0v) is 28.1. The highest BCUT2D eigenvalue weighted by atomic mass is 35.5. The Balaban J connectivity index is 1.82. The monoisotopic (exact) mass is 683 g/mol. The SMILES string of the molecule is CC[C@@H](C)NC(=O)[C@H](Cc1ccccc1)N(Cc1ccc(Cl)cc1Cl)C(=O)CN(c1ccc(C)cc1)S(=O)(=O)c1ccc(F)cc1. The van der Waals surface area contributed by atoms with Crippen LogP contribution in [0.1, 0.15) is 37.0 Å². The van der Waals surface area contributed by atoms with Crippen LogP contribution in [-0.2, 0) is 32.6 Å². The number of sulfonamides is 1. The molecule has 0 aliphatic rings. The summed E-state index contributed by atoms with van der Waals surface area (Å²) in [5.74, 6) is -1.63. The number of benzene rings is 4. The van der Waals surface area contributed by atoms with Gasteiger partial charge in [0.05, 0.1) is 10.6 Å². The number of rotatable bonds is 13. The Hall–Kier alpha value is -3.92. The van der Waals surface area contributed by atoms with Crippen molar-refractivity contribution in [2.75, 3.05) is 10.8 Å². The number of carbonyl (C=O) groups excluding carboxylic acids is 2. The molecular formula is C35H36Cl2FN3O4S. The molecule has 11 heteroatoms. The van der Waals surface area contributed by atoms with E-state index in [9.17, 15) is 22.4 Å². The Kier molecular flexibility index (Phi) is 11.8. The molecule has 242 valence electrons. The minimum atomic E-state index is -4.35. The fraction of sp³-hybridized carbons (Fsp3) is 0.257. The summed E-state index contributed by atoms with van der Waals surface area (Å²) in [6, 6.07) is 24.0. The molecule has 0 aromatic heterocycles. The largest absolute Gasteiger partial charge is 0.352 e. The minimum absolute atomic E-state index is 0.0986. The van der Waals surface area contributed by atoms with Crippen molar-refractivity contribution in [1.82, 2.24) is 10.2 Å². The van der Waals surface area contributed by atoms with E-state index in [4.69, 9.17) is 23.2 Å². The lowest BCUT2D eigenvalue weighted by Gasteiger charge is -2.34.